The van der Waals surface area contributed by atoms with Gasteiger partial charge in [0, 0.05) is 6.42 Å². The van der Waals surface area contributed by atoms with Gasteiger partial charge in [-0.3, -0.25) is 0 Å². The smallest absolute Gasteiger partial charge is 0.313 e. The largest absolute Gasteiger partial charge is 0.352 e. The van der Waals surface area contributed by atoms with Crippen LogP contribution in [0.1, 0.15) is 12.5 Å². The number of carbonyl (C=O) groups is 1. The van der Waals surface area contributed by atoms with Gasteiger partial charge in [0.25, 0.3) is 0 Å². The van der Waals surface area contributed by atoms with Crippen molar-refractivity contribution in [1.82, 2.24) is 5.32 Å². The molecule has 0 saturated carbocycles. The molecule has 4 nitrogen and oxygen atoms in total. The molecule has 0 heterocycles. The number of nitriles is 1. The number of urea groups is 1. The molecule has 0 bridgehead atoms. The van der Waals surface area contributed by atoms with E-state index in [-0.39, 0.29) is 0 Å². The van der Waals surface area contributed by atoms with Crippen LogP contribution in [0.25, 0.3) is 0 Å². The quantitative estimate of drug-likeness (QED) is 0.773. The summed E-state index contributed by atoms with van der Waals surface area (Å²) in [5, 5.41) is 11.4. The van der Waals surface area contributed by atoms with E-state index in [0.29, 0.717) is 6.42 Å². The van der Waals surface area contributed by atoms with Gasteiger partial charge < -0.3 is 11.1 Å². The lowest BCUT2D eigenvalue weighted by Gasteiger charge is -2.21. The van der Waals surface area contributed by atoms with Crippen LogP contribution in [-0.2, 0) is 6.42 Å². The number of benzene rings is 1. The fraction of sp³-hybridized carbons (Fsp3) is 0.273. The van der Waals surface area contributed by atoms with Crippen LogP contribution in [0.15, 0.2) is 30.3 Å². The Morgan fingerprint density at radius 1 is 1.53 bits per heavy atom. The lowest BCUT2D eigenvalue weighted by atomic mass is 9.94. The Morgan fingerprint density at radius 3 is 2.60 bits per heavy atom. The van der Waals surface area contributed by atoms with Crippen molar-refractivity contribution in [3.05, 3.63) is 35.9 Å². The Labute approximate surface area is 88.7 Å². The highest BCUT2D eigenvalue weighted by Gasteiger charge is 2.25. The zero-order valence-corrected chi connectivity index (χ0v) is 8.53. The number of hydrogen-bond donors (Lipinski definition) is 2. The maximum absolute atomic E-state index is 10.7. The standard InChI is InChI=1S/C11H13N3O/c1-11(8-12,14-10(13)15)7-9-5-3-2-4-6-9/h2-6H,7H2,1H3,(H3,13,14,15). The molecular formula is C11H13N3O. The van der Waals surface area contributed by atoms with E-state index in [1.165, 1.54) is 0 Å². The fourth-order valence-electron chi connectivity index (χ4n) is 1.39. The minimum Gasteiger partial charge on any atom is -0.352 e. The molecule has 1 aromatic rings. The van der Waals surface area contributed by atoms with Crippen LogP contribution in [0.3, 0.4) is 0 Å². The number of hydrogen-bond acceptors (Lipinski definition) is 2. The van der Waals surface area contributed by atoms with Crippen molar-refractivity contribution in [1.29, 1.82) is 5.26 Å². The molecule has 4 heteroatoms. The molecular weight excluding hydrogens is 190 g/mol. The molecule has 3 N–H and O–H groups in total. The van der Waals surface area contributed by atoms with Gasteiger partial charge in [-0.2, -0.15) is 5.26 Å². The molecule has 0 radical (unpaired) electrons. The van der Waals surface area contributed by atoms with E-state index >= 15 is 0 Å². The van der Waals surface area contributed by atoms with Gasteiger partial charge in [-0.1, -0.05) is 30.3 Å². The van der Waals surface area contributed by atoms with Crippen LogP contribution in [0.2, 0.25) is 0 Å². The lowest BCUT2D eigenvalue weighted by Crippen LogP contribution is -2.48. The van der Waals surface area contributed by atoms with Gasteiger partial charge in [0.2, 0.25) is 0 Å². The predicted molar refractivity (Wildman–Crippen MR) is 56.9 cm³/mol. The SMILES string of the molecule is CC(C#N)(Cc1ccccc1)NC(N)=O. The molecule has 0 aliphatic carbocycles. The maximum Gasteiger partial charge on any atom is 0.313 e. The first-order valence-corrected chi connectivity index (χ1v) is 4.58. The van der Waals surface area contributed by atoms with Crippen LogP contribution >= 0.6 is 0 Å². The lowest BCUT2D eigenvalue weighted by molar-refractivity contribution is 0.242. The zero-order chi connectivity index (χ0) is 11.3. The van der Waals surface area contributed by atoms with Gasteiger partial charge in [0.15, 0.2) is 0 Å². The summed E-state index contributed by atoms with van der Waals surface area (Å²) in [6.45, 7) is 1.64. The average molecular weight is 203 g/mol. The molecule has 0 aliphatic rings. The highest BCUT2D eigenvalue weighted by molar-refractivity contribution is 5.73. The normalized spacial score (nSPS) is 13.6. The van der Waals surface area contributed by atoms with Gasteiger partial charge in [-0.15, -0.1) is 0 Å². The summed E-state index contributed by atoms with van der Waals surface area (Å²) in [4.78, 5) is 10.7. The molecule has 1 rings (SSSR count). The number of amides is 2. The van der Waals surface area contributed by atoms with E-state index in [0.717, 1.165) is 5.56 Å². The number of nitrogens with zero attached hydrogens (tertiary/aromatic N) is 1. The average Bonchev–Trinajstić information content (AvgIpc) is 2.18. The molecule has 1 unspecified atom stereocenters. The molecule has 78 valence electrons. The Balaban J connectivity index is 2.78. The van der Waals surface area contributed by atoms with Crippen molar-refractivity contribution in [2.75, 3.05) is 0 Å². The first-order valence-electron chi connectivity index (χ1n) is 4.58. The molecule has 1 atom stereocenters. The van der Waals surface area contributed by atoms with Gasteiger partial charge in [-0.25, -0.2) is 4.79 Å². The summed E-state index contributed by atoms with van der Waals surface area (Å²) < 4.78 is 0. The van der Waals surface area contributed by atoms with Crippen molar-refractivity contribution >= 4 is 6.03 Å². The Bertz CT molecular complexity index is 383. The predicted octanol–water partition coefficient (Wildman–Crippen LogP) is 1.18. The Kier molecular flexibility index (Phi) is 3.29. The van der Waals surface area contributed by atoms with E-state index in [4.69, 9.17) is 11.0 Å². The van der Waals surface area contributed by atoms with Gasteiger partial charge in [-0.05, 0) is 12.5 Å². The number of nitrogens with one attached hydrogen (secondary N) is 1. The van der Waals surface area contributed by atoms with Gasteiger partial charge in [0.1, 0.15) is 5.54 Å². The molecule has 1 aromatic carbocycles. The van der Waals surface area contributed by atoms with Gasteiger partial charge in [0.05, 0.1) is 6.07 Å². The van der Waals surface area contributed by atoms with E-state index in [9.17, 15) is 4.79 Å². The molecule has 2 amide bonds. The van der Waals surface area contributed by atoms with Crippen molar-refractivity contribution in [3.63, 3.8) is 0 Å². The number of nitrogens with two attached hydrogens (primary N) is 1. The molecule has 0 aliphatic heterocycles. The van der Waals surface area contributed by atoms with Crippen LogP contribution in [-0.4, -0.2) is 11.6 Å². The van der Waals surface area contributed by atoms with Crippen LogP contribution < -0.4 is 11.1 Å². The topological polar surface area (TPSA) is 78.9 Å². The number of primary amides is 1. The van der Waals surface area contributed by atoms with Crippen molar-refractivity contribution in [2.24, 2.45) is 5.73 Å². The third-order valence-electron chi connectivity index (χ3n) is 2.05. The molecule has 0 fully saturated rings. The van der Waals surface area contributed by atoms with Gasteiger partial charge >= 0.3 is 6.03 Å². The molecule has 0 aromatic heterocycles. The third-order valence-corrected chi connectivity index (χ3v) is 2.05. The zero-order valence-electron chi connectivity index (χ0n) is 8.53. The van der Waals surface area contributed by atoms with Crippen LogP contribution in [0, 0.1) is 11.3 Å². The second-order valence-electron chi connectivity index (χ2n) is 3.60. The highest BCUT2D eigenvalue weighted by atomic mass is 16.2. The van der Waals surface area contributed by atoms with Crippen molar-refractivity contribution in [3.8, 4) is 6.07 Å². The summed E-state index contributed by atoms with van der Waals surface area (Å²) in [5.41, 5.74) is 5.04. The summed E-state index contributed by atoms with van der Waals surface area (Å²) in [6, 6.07) is 10.8. The van der Waals surface area contributed by atoms with E-state index in [1.54, 1.807) is 6.92 Å². The minimum absolute atomic E-state index is 0.438. The summed E-state index contributed by atoms with van der Waals surface area (Å²) in [6.07, 6.45) is 0.438. The summed E-state index contributed by atoms with van der Waals surface area (Å²) >= 11 is 0. The first-order chi connectivity index (χ1) is 7.06. The Hall–Kier alpha value is -2.02. The van der Waals surface area contributed by atoms with E-state index in [2.05, 4.69) is 5.32 Å². The summed E-state index contributed by atoms with van der Waals surface area (Å²) in [7, 11) is 0. The second kappa shape index (κ2) is 4.47. The molecule has 0 saturated heterocycles. The maximum atomic E-state index is 10.7. The summed E-state index contributed by atoms with van der Waals surface area (Å²) in [5.74, 6) is 0. The molecule has 15 heavy (non-hydrogen) atoms. The monoisotopic (exact) mass is 203 g/mol. The van der Waals surface area contributed by atoms with E-state index in [1.807, 2.05) is 36.4 Å². The van der Waals surface area contributed by atoms with Crippen molar-refractivity contribution < 1.29 is 4.79 Å². The fourth-order valence-corrected chi connectivity index (χ4v) is 1.39. The highest BCUT2D eigenvalue weighted by Crippen LogP contribution is 2.11. The molecule has 0 spiro atoms. The third kappa shape index (κ3) is 3.31. The van der Waals surface area contributed by atoms with Crippen molar-refractivity contribution in [2.45, 2.75) is 18.9 Å². The number of carbonyl (C=O) groups excluding carboxylic acids is 1. The number of rotatable bonds is 3. The van der Waals surface area contributed by atoms with Crippen LogP contribution in [0.4, 0.5) is 4.79 Å². The Morgan fingerprint density at radius 2 is 2.13 bits per heavy atom. The minimum atomic E-state index is -0.951. The van der Waals surface area contributed by atoms with E-state index < -0.39 is 11.6 Å². The van der Waals surface area contributed by atoms with Crippen LogP contribution in [0.5, 0.6) is 0 Å². The second-order valence-corrected chi connectivity index (χ2v) is 3.60. The first kappa shape index (κ1) is 11.1.